The van der Waals surface area contributed by atoms with Gasteiger partial charge in [-0.1, -0.05) is 85.1 Å². The lowest BCUT2D eigenvalue weighted by Crippen LogP contribution is -2.59. The Labute approximate surface area is 321 Å². The van der Waals surface area contributed by atoms with Crippen LogP contribution in [0.5, 0.6) is 0 Å². The Morgan fingerprint density at radius 2 is 0.868 bits per heavy atom. The highest BCUT2D eigenvalue weighted by Gasteiger charge is 2.70. The summed E-state index contributed by atoms with van der Waals surface area (Å²) in [7, 11) is 0. The average Bonchev–Trinajstić information content (AvgIpc) is 3.77. The van der Waals surface area contributed by atoms with Crippen LogP contribution in [-0.2, 0) is 0 Å². The maximum atomic E-state index is 2.65. The molecule has 0 saturated heterocycles. The molecule has 0 amide bonds. The maximum Gasteiger partial charge on any atom is -0.00905 e. The highest BCUT2D eigenvalue weighted by Crippen LogP contribution is 2.77. The summed E-state index contributed by atoms with van der Waals surface area (Å²) in [6.45, 7) is 7.39. The van der Waals surface area contributed by atoms with Gasteiger partial charge in [0.25, 0.3) is 0 Å². The second kappa shape index (κ2) is 12.3. The number of hydrogen-bond acceptors (Lipinski definition) is 0. The van der Waals surface area contributed by atoms with Crippen molar-refractivity contribution < 1.29 is 0 Å². The monoisotopic (exact) mass is 703 g/mol. The Bertz CT molecular complexity index is 1820. The molecular formula is C53H66. The zero-order valence-electron chi connectivity index (χ0n) is 33.1. The largest absolute Gasteiger partial charge is 0.0622 e. The van der Waals surface area contributed by atoms with E-state index in [2.05, 4.69) is 87.5 Å². The summed E-state index contributed by atoms with van der Waals surface area (Å²) in [5, 5.41) is 0. The summed E-state index contributed by atoms with van der Waals surface area (Å²) in [6.07, 6.45) is 21.7. The lowest BCUT2D eigenvalue weighted by molar-refractivity contribution is -0.169. The molecule has 9 aliphatic carbocycles. The third-order valence-electron chi connectivity index (χ3n) is 19.9. The molecule has 0 aliphatic heterocycles. The van der Waals surface area contributed by atoms with E-state index < -0.39 is 0 Å². The van der Waals surface area contributed by atoms with Crippen molar-refractivity contribution in [1.29, 1.82) is 0 Å². The van der Waals surface area contributed by atoms with Crippen molar-refractivity contribution >= 4 is 0 Å². The van der Waals surface area contributed by atoms with Crippen molar-refractivity contribution in [2.75, 3.05) is 0 Å². The van der Waals surface area contributed by atoms with Crippen LogP contribution in [0.1, 0.15) is 130 Å². The molecule has 12 rings (SSSR count). The van der Waals surface area contributed by atoms with Gasteiger partial charge in [0.2, 0.25) is 0 Å². The van der Waals surface area contributed by atoms with Gasteiger partial charge in [-0.15, -0.1) is 0 Å². The normalized spacial score (nSPS) is 47.2. The van der Waals surface area contributed by atoms with E-state index in [1.165, 1.54) is 36.8 Å². The van der Waals surface area contributed by atoms with Gasteiger partial charge in [-0.05, 0) is 238 Å². The molecule has 18 atom stereocenters. The predicted molar refractivity (Wildman–Crippen MR) is 218 cm³/mol. The van der Waals surface area contributed by atoms with Crippen LogP contribution < -0.4 is 0 Å². The standard InChI is InChI=1S/C53H66/c1-29-27-30(2)45(31(3)28-29)51-38-16-10-9-15-37(38)49(36-14-8-7-13-35(36)32-11-5-4-6-12-32)52-43-25-23-41-39-21-19-33-17-18-34-20-22-40(47(39)46(33)34)42-24-26-44(53(51)52)50(43)48(41)42/h4-8,11-14,27-28,33-34,37-44,46-53H,9-10,15-26H2,1-3H3. The Morgan fingerprint density at radius 1 is 0.396 bits per heavy atom. The Hall–Kier alpha value is -2.34. The SMILES string of the molecule is Cc1cc(C)c(C2C3CCCCC3C(c3ccccc3-c3ccccc3)C3C4CCC5C6CCC7CCC8CCC(C9CCC(C4C59)C23)C6C78)c(C)c1. The van der Waals surface area contributed by atoms with Gasteiger partial charge in [0.15, 0.2) is 0 Å². The third kappa shape index (κ3) is 4.60. The van der Waals surface area contributed by atoms with Gasteiger partial charge in [0.1, 0.15) is 0 Å². The summed E-state index contributed by atoms with van der Waals surface area (Å²) in [6, 6.07) is 26.7. The summed E-state index contributed by atoms with van der Waals surface area (Å²) in [5.41, 5.74) is 11.3. The minimum atomic E-state index is 0.718. The molecule has 0 heteroatoms. The summed E-state index contributed by atoms with van der Waals surface area (Å²) >= 11 is 0. The third-order valence-corrected chi connectivity index (χ3v) is 19.9. The zero-order valence-corrected chi connectivity index (χ0v) is 33.1. The molecular weight excluding hydrogens is 637 g/mol. The molecule has 0 radical (unpaired) electrons. The first-order valence-electron chi connectivity index (χ1n) is 23.3. The second-order valence-corrected chi connectivity index (χ2v) is 21.3. The van der Waals surface area contributed by atoms with Gasteiger partial charge >= 0.3 is 0 Å². The van der Waals surface area contributed by atoms with Crippen LogP contribution in [0.4, 0.5) is 0 Å². The summed E-state index contributed by atoms with van der Waals surface area (Å²) in [4.78, 5) is 0. The first kappa shape index (κ1) is 32.9. The van der Waals surface area contributed by atoms with Crippen LogP contribution in [-0.4, -0.2) is 0 Å². The average molecular weight is 703 g/mol. The van der Waals surface area contributed by atoms with Gasteiger partial charge in [-0.3, -0.25) is 0 Å². The topological polar surface area (TPSA) is 0 Å². The van der Waals surface area contributed by atoms with E-state index >= 15 is 0 Å². The van der Waals surface area contributed by atoms with Crippen molar-refractivity contribution in [3.8, 4) is 11.1 Å². The summed E-state index contributed by atoms with van der Waals surface area (Å²) in [5.74, 6) is 17.5. The molecule has 3 aromatic carbocycles. The fraction of sp³-hybridized carbons (Fsp3) is 0.660. The van der Waals surface area contributed by atoms with E-state index in [-0.39, 0.29) is 0 Å². The first-order valence-corrected chi connectivity index (χ1v) is 23.3. The quantitative estimate of drug-likeness (QED) is 0.255. The number of aryl methyl sites for hydroxylation is 3. The van der Waals surface area contributed by atoms with Gasteiger partial charge in [-0.2, -0.15) is 0 Å². The van der Waals surface area contributed by atoms with Crippen LogP contribution in [0.2, 0.25) is 0 Å². The summed E-state index contributed by atoms with van der Waals surface area (Å²) < 4.78 is 0. The van der Waals surface area contributed by atoms with E-state index in [9.17, 15) is 0 Å². The smallest absolute Gasteiger partial charge is 0.00905 e. The van der Waals surface area contributed by atoms with Crippen molar-refractivity contribution in [3.05, 3.63) is 94.5 Å². The molecule has 53 heavy (non-hydrogen) atoms. The van der Waals surface area contributed by atoms with Crippen LogP contribution >= 0.6 is 0 Å². The molecule has 9 saturated carbocycles. The lowest BCUT2D eigenvalue weighted by Gasteiger charge is -2.65. The van der Waals surface area contributed by atoms with Crippen molar-refractivity contribution in [2.24, 2.45) is 94.7 Å². The molecule has 278 valence electrons. The molecule has 0 N–H and O–H groups in total. The van der Waals surface area contributed by atoms with E-state index in [1.807, 2.05) is 5.56 Å². The molecule has 0 nitrogen and oxygen atoms in total. The van der Waals surface area contributed by atoms with Gasteiger partial charge in [-0.25, -0.2) is 0 Å². The molecule has 18 unspecified atom stereocenters. The van der Waals surface area contributed by atoms with E-state index in [1.54, 1.807) is 86.5 Å². The Balaban J connectivity index is 1.03. The molecule has 0 aromatic heterocycles. The molecule has 9 fully saturated rings. The maximum absolute atomic E-state index is 2.65. The lowest BCUT2D eigenvalue weighted by atomic mass is 9.40. The van der Waals surface area contributed by atoms with Gasteiger partial charge in [0.05, 0.1) is 0 Å². The van der Waals surface area contributed by atoms with Crippen LogP contribution in [0.25, 0.3) is 11.1 Å². The highest BCUT2D eigenvalue weighted by atomic mass is 14.7. The van der Waals surface area contributed by atoms with E-state index in [0.29, 0.717) is 0 Å². The minimum Gasteiger partial charge on any atom is -0.0622 e. The number of fused-ring (bicyclic) bond motifs is 6. The number of benzene rings is 3. The minimum absolute atomic E-state index is 0.718. The van der Waals surface area contributed by atoms with Crippen LogP contribution in [0.15, 0.2) is 66.7 Å². The zero-order chi connectivity index (χ0) is 35.1. The van der Waals surface area contributed by atoms with E-state index in [0.717, 1.165) is 107 Å². The Morgan fingerprint density at radius 3 is 1.51 bits per heavy atom. The molecule has 3 aromatic rings. The van der Waals surface area contributed by atoms with Crippen molar-refractivity contribution in [2.45, 2.75) is 122 Å². The van der Waals surface area contributed by atoms with Crippen LogP contribution in [0.3, 0.4) is 0 Å². The highest BCUT2D eigenvalue weighted by molar-refractivity contribution is 5.68. The molecule has 0 heterocycles. The predicted octanol–water partition coefficient (Wildman–Crippen LogP) is 13.6. The number of hydrogen-bond donors (Lipinski definition) is 0. The van der Waals surface area contributed by atoms with Crippen molar-refractivity contribution in [3.63, 3.8) is 0 Å². The number of rotatable bonds is 3. The van der Waals surface area contributed by atoms with Gasteiger partial charge < -0.3 is 0 Å². The van der Waals surface area contributed by atoms with Crippen molar-refractivity contribution in [1.82, 2.24) is 0 Å². The fourth-order valence-corrected chi connectivity index (χ4v) is 19.3. The molecule has 9 aliphatic rings. The second-order valence-electron chi connectivity index (χ2n) is 21.3. The molecule has 0 spiro atoms. The molecule has 0 bridgehead atoms. The first-order chi connectivity index (χ1) is 26.1. The fourth-order valence-electron chi connectivity index (χ4n) is 19.3. The van der Waals surface area contributed by atoms with E-state index in [4.69, 9.17) is 0 Å². The Kier molecular flexibility index (Phi) is 7.64. The van der Waals surface area contributed by atoms with Gasteiger partial charge in [0, 0.05) is 0 Å². The van der Waals surface area contributed by atoms with Crippen LogP contribution in [0, 0.1) is 115 Å².